The van der Waals surface area contributed by atoms with Crippen LogP contribution in [-0.4, -0.2) is 11.0 Å². The van der Waals surface area contributed by atoms with E-state index < -0.39 is 0 Å². The van der Waals surface area contributed by atoms with E-state index in [2.05, 4.69) is 9.88 Å². The summed E-state index contributed by atoms with van der Waals surface area (Å²) in [7, 11) is 0. The molecule has 1 heterocycles. The summed E-state index contributed by atoms with van der Waals surface area (Å²) in [5.41, 5.74) is 0.632. The number of anilines is 1. The maximum absolute atomic E-state index is 11.7. The van der Waals surface area contributed by atoms with E-state index in [1.54, 1.807) is 18.2 Å². The van der Waals surface area contributed by atoms with Crippen molar-refractivity contribution in [1.29, 1.82) is 0 Å². The highest BCUT2D eigenvalue weighted by atomic mass is 79.9. The fourth-order valence-electron chi connectivity index (χ4n) is 1.97. The first-order valence-electron chi connectivity index (χ1n) is 6.77. The highest BCUT2D eigenvalue weighted by molar-refractivity contribution is 5.90. The molecule has 0 fully saturated rings. The summed E-state index contributed by atoms with van der Waals surface area (Å²) in [4.78, 5) is 11.7. The van der Waals surface area contributed by atoms with Gasteiger partial charge in [0, 0.05) is 36.7 Å². The number of hydrogen-bond donors (Lipinski definition) is 2. The Morgan fingerprint density at radius 3 is 2.57 bits per heavy atom. The third-order valence-electron chi connectivity index (χ3n) is 2.98. The third-order valence-corrected chi connectivity index (χ3v) is 2.98. The fraction of sp³-hybridized carbons (Fsp3) is 0.250. The van der Waals surface area contributed by atoms with Crippen molar-refractivity contribution in [3.8, 4) is 5.75 Å². The Hall–Kier alpha value is -1.88. The van der Waals surface area contributed by atoms with Crippen LogP contribution in [0.25, 0.3) is 0 Å². The number of rotatable bonds is 6. The normalized spacial score (nSPS) is 9.71. The number of phenols is 1. The second kappa shape index (κ2) is 9.13. The molecular weight excluding hydrogens is 332 g/mol. The molecule has 0 bridgehead atoms. The van der Waals surface area contributed by atoms with E-state index in [0.717, 1.165) is 19.4 Å². The van der Waals surface area contributed by atoms with Crippen LogP contribution in [0, 0.1) is 0 Å². The molecule has 2 rings (SSSR count). The van der Waals surface area contributed by atoms with Gasteiger partial charge in [-0.1, -0.05) is 12.1 Å². The number of nitrogens with one attached hydrogen (secondary N) is 1. The number of benzene rings is 1. The summed E-state index contributed by atoms with van der Waals surface area (Å²) in [5.74, 6) is 0.136. The summed E-state index contributed by atoms with van der Waals surface area (Å²) in [6.07, 6.45) is 6.33. The minimum absolute atomic E-state index is 0. The Kier molecular flexibility index (Phi) is 7.46. The predicted octanol–water partition coefficient (Wildman–Crippen LogP) is -0.507. The Morgan fingerprint density at radius 2 is 1.86 bits per heavy atom. The molecule has 2 N–H and O–H groups in total. The molecule has 5 heteroatoms. The van der Waals surface area contributed by atoms with Crippen LogP contribution in [-0.2, 0) is 11.3 Å². The van der Waals surface area contributed by atoms with E-state index >= 15 is 0 Å². The number of aryl methyl sites for hydroxylation is 1. The van der Waals surface area contributed by atoms with Gasteiger partial charge in [0.1, 0.15) is 12.3 Å². The lowest BCUT2D eigenvalue weighted by molar-refractivity contribution is -0.697. The first kappa shape index (κ1) is 17.2. The molecule has 0 aliphatic carbocycles. The van der Waals surface area contributed by atoms with E-state index in [1.165, 1.54) is 6.07 Å². The van der Waals surface area contributed by atoms with Crippen LogP contribution in [0.15, 0.2) is 54.9 Å². The van der Waals surface area contributed by atoms with Crippen LogP contribution in [0.2, 0.25) is 0 Å². The number of unbranched alkanes of at least 4 members (excludes halogenated alkanes) is 1. The quantitative estimate of drug-likeness (QED) is 0.544. The topological polar surface area (TPSA) is 53.2 Å². The largest absolute Gasteiger partial charge is 1.00 e. The van der Waals surface area contributed by atoms with Gasteiger partial charge in [-0.3, -0.25) is 4.79 Å². The zero-order chi connectivity index (χ0) is 14.2. The molecule has 1 aromatic heterocycles. The van der Waals surface area contributed by atoms with Gasteiger partial charge >= 0.3 is 0 Å². The standard InChI is InChI=1S/C16H18N2O2.BrH/c19-15-8-6-7-14(13-15)17-16(20)9-2-5-12-18-10-3-1-4-11-18;/h1,3-4,6-8,10-11,13H,2,5,9,12H2,(H-,17,19,20);1H. The predicted molar refractivity (Wildman–Crippen MR) is 77.2 cm³/mol. The number of phenolic OH excluding ortho intramolecular Hbond substituents is 1. The van der Waals surface area contributed by atoms with Gasteiger partial charge in [0.05, 0.1) is 0 Å². The summed E-state index contributed by atoms with van der Waals surface area (Å²) in [6.45, 7) is 0.917. The van der Waals surface area contributed by atoms with E-state index in [9.17, 15) is 9.90 Å². The van der Waals surface area contributed by atoms with Crippen LogP contribution in [0.1, 0.15) is 19.3 Å². The molecule has 1 amide bonds. The molecule has 0 saturated heterocycles. The Balaban J connectivity index is 0.00000220. The van der Waals surface area contributed by atoms with E-state index in [4.69, 9.17) is 0 Å². The Labute approximate surface area is 135 Å². The summed E-state index contributed by atoms with van der Waals surface area (Å²) in [5, 5.41) is 12.1. The second-order valence-electron chi connectivity index (χ2n) is 4.67. The number of pyridine rings is 1. The average molecular weight is 351 g/mol. The van der Waals surface area contributed by atoms with Gasteiger partial charge in [0.25, 0.3) is 0 Å². The van der Waals surface area contributed by atoms with Crippen LogP contribution in [0.4, 0.5) is 5.69 Å². The maximum Gasteiger partial charge on any atom is 0.224 e. The third kappa shape index (κ3) is 6.40. The number of carbonyl (C=O) groups excluding carboxylic acids is 1. The number of carbonyl (C=O) groups is 1. The monoisotopic (exact) mass is 350 g/mol. The lowest BCUT2D eigenvalue weighted by atomic mass is 10.2. The summed E-state index contributed by atoms with van der Waals surface area (Å²) >= 11 is 0. The van der Waals surface area contributed by atoms with Crippen LogP contribution < -0.4 is 26.9 Å². The van der Waals surface area contributed by atoms with Crippen molar-refractivity contribution >= 4 is 11.6 Å². The first-order valence-corrected chi connectivity index (χ1v) is 6.77. The van der Waals surface area contributed by atoms with Gasteiger partial charge in [-0.2, -0.15) is 0 Å². The molecule has 4 nitrogen and oxygen atoms in total. The summed E-state index contributed by atoms with van der Waals surface area (Å²) < 4.78 is 2.10. The van der Waals surface area contributed by atoms with Crippen LogP contribution in [0.3, 0.4) is 0 Å². The second-order valence-corrected chi connectivity index (χ2v) is 4.67. The molecule has 0 radical (unpaired) electrons. The molecular formula is C16H19BrN2O2. The van der Waals surface area contributed by atoms with Gasteiger partial charge in [-0.25, -0.2) is 4.57 Å². The number of hydrogen-bond acceptors (Lipinski definition) is 2. The van der Waals surface area contributed by atoms with Crippen molar-refractivity contribution in [3.05, 3.63) is 54.9 Å². The van der Waals surface area contributed by atoms with Crippen molar-refractivity contribution in [2.75, 3.05) is 5.32 Å². The van der Waals surface area contributed by atoms with Gasteiger partial charge < -0.3 is 27.4 Å². The van der Waals surface area contributed by atoms with Crippen molar-refractivity contribution in [2.24, 2.45) is 0 Å². The smallest absolute Gasteiger partial charge is 0.224 e. The van der Waals surface area contributed by atoms with Crippen LogP contribution in [0.5, 0.6) is 5.75 Å². The van der Waals surface area contributed by atoms with Crippen molar-refractivity contribution in [1.82, 2.24) is 0 Å². The number of aromatic nitrogens is 1. The number of aromatic hydroxyl groups is 1. The van der Waals surface area contributed by atoms with Gasteiger partial charge in [-0.05, 0) is 18.6 Å². The SMILES string of the molecule is O=C(CCCC[n+]1ccccc1)Nc1cccc(O)c1.[Br-]. The molecule has 21 heavy (non-hydrogen) atoms. The highest BCUT2D eigenvalue weighted by Crippen LogP contribution is 2.15. The van der Waals surface area contributed by atoms with Crippen LogP contribution >= 0.6 is 0 Å². The molecule has 2 aromatic rings. The molecule has 1 aromatic carbocycles. The lowest BCUT2D eigenvalue weighted by Crippen LogP contribution is -3.00. The minimum atomic E-state index is -0.0198. The Morgan fingerprint density at radius 1 is 1.10 bits per heavy atom. The van der Waals surface area contributed by atoms with Gasteiger partial charge in [0.15, 0.2) is 12.4 Å². The first-order chi connectivity index (χ1) is 9.74. The Bertz CT molecular complexity index is 561. The van der Waals surface area contributed by atoms with Crippen molar-refractivity contribution in [2.45, 2.75) is 25.8 Å². The lowest BCUT2D eigenvalue weighted by Gasteiger charge is -2.05. The molecule has 0 aliphatic rings. The fourth-order valence-corrected chi connectivity index (χ4v) is 1.97. The zero-order valence-corrected chi connectivity index (χ0v) is 13.3. The average Bonchev–Trinajstić information content (AvgIpc) is 2.45. The van der Waals surface area contributed by atoms with Crippen molar-refractivity contribution < 1.29 is 31.4 Å². The minimum Gasteiger partial charge on any atom is -1.00 e. The number of nitrogens with zero attached hydrogens (tertiary/aromatic N) is 1. The maximum atomic E-state index is 11.7. The van der Waals surface area contributed by atoms with Crippen molar-refractivity contribution in [3.63, 3.8) is 0 Å². The zero-order valence-electron chi connectivity index (χ0n) is 11.7. The molecule has 112 valence electrons. The van der Waals surface area contributed by atoms with Gasteiger partial charge in [-0.15, -0.1) is 0 Å². The van der Waals surface area contributed by atoms with E-state index in [-0.39, 0.29) is 28.6 Å². The number of amides is 1. The van der Waals surface area contributed by atoms with E-state index in [1.807, 2.05) is 30.6 Å². The molecule has 0 unspecified atom stereocenters. The molecule has 0 saturated carbocycles. The molecule has 0 atom stereocenters. The molecule has 0 spiro atoms. The molecule has 0 aliphatic heterocycles. The van der Waals surface area contributed by atoms with Gasteiger partial charge in [0.2, 0.25) is 5.91 Å². The summed E-state index contributed by atoms with van der Waals surface area (Å²) in [6, 6.07) is 12.6. The highest BCUT2D eigenvalue weighted by Gasteiger charge is 2.04. The number of halogens is 1. The van der Waals surface area contributed by atoms with E-state index in [0.29, 0.717) is 12.1 Å².